The molecule has 96 valence electrons. The van der Waals surface area contributed by atoms with E-state index in [1.807, 2.05) is 54.6 Å². The molecule has 2 aromatic carbocycles. The van der Waals surface area contributed by atoms with E-state index in [4.69, 9.17) is 14.7 Å². The molecule has 1 atom stereocenters. The Bertz CT molecular complexity index is 560. The average Bonchev–Trinajstić information content (AvgIpc) is 2.48. The van der Waals surface area contributed by atoms with Gasteiger partial charge in [0.05, 0.1) is 6.07 Å². The number of nitriles is 1. The van der Waals surface area contributed by atoms with Gasteiger partial charge >= 0.3 is 0 Å². The predicted octanol–water partition coefficient (Wildman–Crippen LogP) is 3.48. The molecule has 2 aromatic rings. The summed E-state index contributed by atoms with van der Waals surface area (Å²) >= 11 is 0. The van der Waals surface area contributed by atoms with Crippen molar-refractivity contribution in [3.05, 3.63) is 65.7 Å². The van der Waals surface area contributed by atoms with Crippen LogP contribution < -0.4 is 4.74 Å². The Hall–Kier alpha value is -2.31. The summed E-state index contributed by atoms with van der Waals surface area (Å²) in [5.41, 5.74) is 1.91. The Labute approximate surface area is 113 Å². The van der Waals surface area contributed by atoms with Gasteiger partial charge in [0.25, 0.3) is 0 Å². The minimum Gasteiger partial charge on any atom is -0.489 e. The van der Waals surface area contributed by atoms with Gasteiger partial charge in [-0.2, -0.15) is 5.26 Å². The van der Waals surface area contributed by atoms with Crippen molar-refractivity contribution >= 4 is 0 Å². The average molecular weight is 253 g/mol. The van der Waals surface area contributed by atoms with Crippen LogP contribution in [0.4, 0.5) is 0 Å². The molecule has 0 amide bonds. The predicted molar refractivity (Wildman–Crippen MR) is 72.6 cm³/mol. The second-order valence-electron chi connectivity index (χ2n) is 4.09. The second-order valence-corrected chi connectivity index (χ2v) is 4.09. The van der Waals surface area contributed by atoms with Gasteiger partial charge < -0.3 is 9.47 Å². The molecular weight excluding hydrogens is 238 g/mol. The van der Waals surface area contributed by atoms with Crippen LogP contribution in [0.2, 0.25) is 0 Å². The van der Waals surface area contributed by atoms with Crippen molar-refractivity contribution in [2.75, 3.05) is 7.11 Å². The maximum atomic E-state index is 8.96. The molecule has 0 saturated heterocycles. The maximum absolute atomic E-state index is 8.96. The van der Waals surface area contributed by atoms with E-state index in [1.165, 1.54) is 7.11 Å². The zero-order valence-corrected chi connectivity index (χ0v) is 10.7. The lowest BCUT2D eigenvalue weighted by molar-refractivity contribution is 0.148. The fourth-order valence-electron chi connectivity index (χ4n) is 1.77. The molecule has 0 aliphatic carbocycles. The molecule has 0 fully saturated rings. The molecule has 0 spiro atoms. The van der Waals surface area contributed by atoms with Gasteiger partial charge in [-0.1, -0.05) is 42.5 Å². The first-order chi connectivity index (χ1) is 9.33. The van der Waals surface area contributed by atoms with E-state index >= 15 is 0 Å². The lowest BCUT2D eigenvalue weighted by atomic mass is 10.1. The van der Waals surface area contributed by atoms with Crippen molar-refractivity contribution in [1.82, 2.24) is 0 Å². The number of hydrogen-bond acceptors (Lipinski definition) is 3. The van der Waals surface area contributed by atoms with Gasteiger partial charge in [0.1, 0.15) is 12.4 Å². The summed E-state index contributed by atoms with van der Waals surface area (Å²) in [5.74, 6) is 0.735. The smallest absolute Gasteiger partial charge is 0.168 e. The first-order valence-corrected chi connectivity index (χ1v) is 6.02. The maximum Gasteiger partial charge on any atom is 0.168 e. The molecule has 0 aliphatic rings. The minimum absolute atomic E-state index is 0.508. The molecule has 2 rings (SSSR count). The van der Waals surface area contributed by atoms with Gasteiger partial charge in [-0.05, 0) is 23.3 Å². The van der Waals surface area contributed by atoms with Gasteiger partial charge in [-0.3, -0.25) is 0 Å². The van der Waals surface area contributed by atoms with Crippen molar-refractivity contribution < 1.29 is 9.47 Å². The third-order valence-electron chi connectivity index (χ3n) is 2.76. The van der Waals surface area contributed by atoms with E-state index in [0.29, 0.717) is 6.61 Å². The van der Waals surface area contributed by atoms with Crippen LogP contribution in [0.15, 0.2) is 54.6 Å². The summed E-state index contributed by atoms with van der Waals surface area (Å²) in [6.07, 6.45) is -0.555. The van der Waals surface area contributed by atoms with Crippen molar-refractivity contribution in [1.29, 1.82) is 5.26 Å². The Balaban J connectivity index is 2.05. The number of methoxy groups -OCH3 is 1. The monoisotopic (exact) mass is 253 g/mol. The molecule has 0 aliphatic heterocycles. The summed E-state index contributed by atoms with van der Waals surface area (Å²) in [6.45, 7) is 0.508. The fraction of sp³-hybridized carbons (Fsp3) is 0.188. The summed E-state index contributed by atoms with van der Waals surface area (Å²) < 4.78 is 10.8. The summed E-state index contributed by atoms with van der Waals surface area (Å²) in [4.78, 5) is 0. The Morgan fingerprint density at radius 2 is 1.89 bits per heavy atom. The molecule has 0 radical (unpaired) electrons. The molecule has 0 bridgehead atoms. The Morgan fingerprint density at radius 3 is 2.58 bits per heavy atom. The Kier molecular flexibility index (Phi) is 4.54. The molecule has 0 saturated carbocycles. The van der Waals surface area contributed by atoms with E-state index in [9.17, 15) is 0 Å². The van der Waals surface area contributed by atoms with Gasteiger partial charge in [0, 0.05) is 7.11 Å². The third-order valence-corrected chi connectivity index (χ3v) is 2.76. The van der Waals surface area contributed by atoms with E-state index in [-0.39, 0.29) is 0 Å². The van der Waals surface area contributed by atoms with E-state index in [0.717, 1.165) is 16.9 Å². The number of benzene rings is 2. The zero-order valence-electron chi connectivity index (χ0n) is 10.7. The van der Waals surface area contributed by atoms with Crippen LogP contribution >= 0.6 is 0 Å². The first kappa shape index (κ1) is 13.1. The highest BCUT2D eigenvalue weighted by atomic mass is 16.5. The van der Waals surface area contributed by atoms with E-state index in [2.05, 4.69) is 6.07 Å². The molecular formula is C16H15NO2. The quantitative estimate of drug-likeness (QED) is 0.819. The number of nitrogens with zero attached hydrogens (tertiary/aromatic N) is 1. The van der Waals surface area contributed by atoms with Gasteiger partial charge in [0.2, 0.25) is 0 Å². The molecule has 3 heteroatoms. The van der Waals surface area contributed by atoms with Crippen molar-refractivity contribution in [3.63, 3.8) is 0 Å². The summed E-state index contributed by atoms with van der Waals surface area (Å²) in [7, 11) is 1.52. The molecule has 0 heterocycles. The molecule has 3 nitrogen and oxygen atoms in total. The molecule has 0 N–H and O–H groups in total. The van der Waals surface area contributed by atoms with E-state index < -0.39 is 6.10 Å². The highest BCUT2D eigenvalue weighted by molar-refractivity contribution is 5.32. The topological polar surface area (TPSA) is 42.2 Å². The largest absolute Gasteiger partial charge is 0.489 e. The van der Waals surface area contributed by atoms with Gasteiger partial charge in [-0.25, -0.2) is 0 Å². The van der Waals surface area contributed by atoms with Crippen molar-refractivity contribution in [2.45, 2.75) is 12.7 Å². The van der Waals surface area contributed by atoms with Crippen LogP contribution in [0, 0.1) is 11.3 Å². The van der Waals surface area contributed by atoms with Crippen molar-refractivity contribution in [2.24, 2.45) is 0 Å². The standard InChI is InChI=1S/C16H15NO2/c1-18-16(11-17)14-8-5-9-15(10-14)19-12-13-6-3-2-4-7-13/h2-10,16H,12H2,1H3. The SMILES string of the molecule is COC(C#N)c1cccc(OCc2ccccc2)c1. The van der Waals surface area contributed by atoms with Crippen LogP contribution in [-0.2, 0) is 11.3 Å². The van der Waals surface area contributed by atoms with Crippen LogP contribution in [0.5, 0.6) is 5.75 Å². The second kappa shape index (κ2) is 6.58. The lowest BCUT2D eigenvalue weighted by Crippen LogP contribution is -2.00. The molecule has 19 heavy (non-hydrogen) atoms. The van der Waals surface area contributed by atoms with E-state index in [1.54, 1.807) is 0 Å². The van der Waals surface area contributed by atoms with Crippen molar-refractivity contribution in [3.8, 4) is 11.8 Å². The van der Waals surface area contributed by atoms with Crippen LogP contribution in [-0.4, -0.2) is 7.11 Å². The number of hydrogen-bond donors (Lipinski definition) is 0. The van der Waals surface area contributed by atoms with Gasteiger partial charge in [0.15, 0.2) is 6.10 Å². The molecule has 0 aromatic heterocycles. The zero-order chi connectivity index (χ0) is 13.5. The van der Waals surface area contributed by atoms with Crippen LogP contribution in [0.25, 0.3) is 0 Å². The minimum atomic E-state index is -0.555. The highest BCUT2D eigenvalue weighted by Gasteiger charge is 2.09. The van der Waals surface area contributed by atoms with Gasteiger partial charge in [-0.15, -0.1) is 0 Å². The molecule has 1 unspecified atom stereocenters. The summed E-state index contributed by atoms with van der Waals surface area (Å²) in [6, 6.07) is 19.5. The highest BCUT2D eigenvalue weighted by Crippen LogP contribution is 2.21. The number of rotatable bonds is 5. The third kappa shape index (κ3) is 3.57. The van der Waals surface area contributed by atoms with Crippen LogP contribution in [0.1, 0.15) is 17.2 Å². The fourth-order valence-corrected chi connectivity index (χ4v) is 1.77. The van der Waals surface area contributed by atoms with Crippen LogP contribution in [0.3, 0.4) is 0 Å². The first-order valence-electron chi connectivity index (χ1n) is 6.02. The number of ether oxygens (including phenoxy) is 2. The normalized spacial score (nSPS) is 11.6. The lowest BCUT2D eigenvalue weighted by Gasteiger charge is -2.10. The Morgan fingerprint density at radius 1 is 1.11 bits per heavy atom. The summed E-state index contributed by atoms with van der Waals surface area (Å²) in [5, 5.41) is 8.96.